The SMILES string of the molecule is CCCCCCCCCCCCC[P+](O)(O)Oc1ccc(C)cc1C(C)(C)C. The first-order chi connectivity index (χ1) is 13.2. The molecule has 28 heavy (non-hydrogen) atoms. The number of aryl methyl sites for hydroxylation is 1. The predicted molar refractivity (Wildman–Crippen MR) is 123 cm³/mol. The molecule has 1 aromatic carbocycles. The topological polar surface area (TPSA) is 49.7 Å². The summed E-state index contributed by atoms with van der Waals surface area (Å²) in [5.41, 5.74) is 2.08. The van der Waals surface area contributed by atoms with Gasteiger partial charge in [-0.2, -0.15) is 9.79 Å². The summed E-state index contributed by atoms with van der Waals surface area (Å²) in [6.07, 6.45) is 14.1. The molecule has 0 saturated carbocycles. The lowest BCUT2D eigenvalue weighted by atomic mass is 9.85. The monoisotopic (exact) mass is 411 g/mol. The van der Waals surface area contributed by atoms with E-state index >= 15 is 0 Å². The molecule has 0 heterocycles. The van der Waals surface area contributed by atoms with Crippen LogP contribution in [0.25, 0.3) is 0 Å². The summed E-state index contributed by atoms with van der Waals surface area (Å²) in [5.74, 6) is 0.611. The van der Waals surface area contributed by atoms with E-state index in [1.165, 1.54) is 57.8 Å². The second-order valence-corrected chi connectivity index (χ2v) is 11.2. The summed E-state index contributed by atoms with van der Waals surface area (Å²) in [6.45, 7) is 10.7. The average molecular weight is 412 g/mol. The van der Waals surface area contributed by atoms with E-state index in [1.807, 2.05) is 19.1 Å². The molecule has 2 N–H and O–H groups in total. The van der Waals surface area contributed by atoms with Gasteiger partial charge >= 0.3 is 7.94 Å². The maximum absolute atomic E-state index is 10.4. The molecule has 0 aliphatic heterocycles. The van der Waals surface area contributed by atoms with Crippen molar-refractivity contribution < 1.29 is 14.3 Å². The summed E-state index contributed by atoms with van der Waals surface area (Å²) < 4.78 is 5.73. The van der Waals surface area contributed by atoms with E-state index in [4.69, 9.17) is 4.52 Å². The van der Waals surface area contributed by atoms with E-state index in [0.29, 0.717) is 11.9 Å². The van der Waals surface area contributed by atoms with E-state index in [0.717, 1.165) is 24.0 Å². The van der Waals surface area contributed by atoms with Gasteiger partial charge in [0.05, 0.1) is 0 Å². The first kappa shape index (κ1) is 25.4. The lowest BCUT2D eigenvalue weighted by Gasteiger charge is -2.23. The molecule has 0 saturated heterocycles. The zero-order valence-electron chi connectivity index (χ0n) is 19.0. The first-order valence-electron chi connectivity index (χ1n) is 11.3. The zero-order chi connectivity index (χ0) is 21.0. The summed E-state index contributed by atoms with van der Waals surface area (Å²) in [7, 11) is -3.35. The van der Waals surface area contributed by atoms with Crippen LogP contribution in [0, 0.1) is 6.92 Å². The van der Waals surface area contributed by atoms with E-state index in [-0.39, 0.29) is 5.41 Å². The highest BCUT2D eigenvalue weighted by molar-refractivity contribution is 7.60. The molecule has 3 nitrogen and oxygen atoms in total. The Bertz CT molecular complexity index is 549. The van der Waals surface area contributed by atoms with Crippen LogP contribution in [0.5, 0.6) is 5.75 Å². The third-order valence-corrected chi connectivity index (χ3v) is 6.63. The Morgan fingerprint density at radius 1 is 0.821 bits per heavy atom. The van der Waals surface area contributed by atoms with Crippen molar-refractivity contribution in [2.75, 3.05) is 6.16 Å². The Morgan fingerprint density at radius 3 is 1.82 bits per heavy atom. The van der Waals surface area contributed by atoms with Crippen molar-refractivity contribution in [1.29, 1.82) is 0 Å². The molecule has 0 atom stereocenters. The number of unbranched alkanes of at least 4 members (excludes halogenated alkanes) is 10. The van der Waals surface area contributed by atoms with Gasteiger partial charge in [-0.15, -0.1) is 0 Å². The molecule has 0 bridgehead atoms. The van der Waals surface area contributed by atoms with Crippen molar-refractivity contribution in [2.45, 2.75) is 111 Å². The van der Waals surface area contributed by atoms with Gasteiger partial charge in [-0.05, 0) is 31.2 Å². The molecule has 162 valence electrons. The summed E-state index contributed by atoms with van der Waals surface area (Å²) >= 11 is 0. The summed E-state index contributed by atoms with van der Waals surface area (Å²) in [5, 5.41) is 0. The molecule has 0 spiro atoms. The largest absolute Gasteiger partial charge is 0.451 e. The van der Waals surface area contributed by atoms with Gasteiger partial charge in [-0.1, -0.05) is 103 Å². The fraction of sp³-hybridized carbons (Fsp3) is 0.750. The summed E-state index contributed by atoms with van der Waals surface area (Å²) in [4.78, 5) is 20.8. The maximum Gasteiger partial charge on any atom is 0.451 e. The quantitative estimate of drug-likeness (QED) is 0.243. The van der Waals surface area contributed by atoms with Gasteiger partial charge in [-0.25, -0.2) is 0 Å². The van der Waals surface area contributed by atoms with Crippen LogP contribution < -0.4 is 4.52 Å². The molecule has 0 aliphatic rings. The lowest BCUT2D eigenvalue weighted by molar-refractivity contribution is 0.332. The van der Waals surface area contributed by atoms with Crippen LogP contribution in [-0.4, -0.2) is 15.9 Å². The molecule has 1 aromatic rings. The fourth-order valence-electron chi connectivity index (χ4n) is 3.49. The van der Waals surface area contributed by atoms with E-state index in [9.17, 15) is 9.79 Å². The van der Waals surface area contributed by atoms with Crippen LogP contribution in [0.4, 0.5) is 0 Å². The predicted octanol–water partition coefficient (Wildman–Crippen LogP) is 7.73. The highest BCUT2D eigenvalue weighted by Crippen LogP contribution is 2.53. The third kappa shape index (κ3) is 10.8. The normalized spacial score (nSPS) is 12.4. The van der Waals surface area contributed by atoms with E-state index in [2.05, 4.69) is 33.8 Å². The van der Waals surface area contributed by atoms with Crippen molar-refractivity contribution in [3.05, 3.63) is 29.3 Å². The highest BCUT2D eigenvalue weighted by Gasteiger charge is 2.38. The Morgan fingerprint density at radius 2 is 1.32 bits per heavy atom. The van der Waals surface area contributed by atoms with Crippen LogP contribution in [0.1, 0.15) is 109 Å². The molecule has 0 fully saturated rings. The molecular formula is C24H44O3P+. The Hall–Kier alpha value is -0.630. The Labute approximate surface area is 174 Å². The van der Waals surface area contributed by atoms with Gasteiger partial charge in [-0.3, -0.25) is 4.52 Å². The van der Waals surface area contributed by atoms with E-state index in [1.54, 1.807) is 0 Å². The van der Waals surface area contributed by atoms with Crippen LogP contribution in [-0.2, 0) is 5.41 Å². The molecule has 0 unspecified atom stereocenters. The Balaban J connectivity index is 2.29. The minimum atomic E-state index is -3.35. The summed E-state index contributed by atoms with van der Waals surface area (Å²) in [6, 6.07) is 5.92. The van der Waals surface area contributed by atoms with Crippen molar-refractivity contribution in [3.63, 3.8) is 0 Å². The standard InChI is InChI=1S/C24H44O3P/c1-6-7-8-9-10-11-12-13-14-15-16-19-28(25,26)27-23-18-17-21(2)20-22(23)24(3,4)5/h17-18,20,25-26H,6-16,19H2,1-5H3/q+1. The number of hydrogen-bond acceptors (Lipinski definition) is 3. The van der Waals surface area contributed by atoms with Crippen LogP contribution in [0.3, 0.4) is 0 Å². The molecule has 0 aliphatic carbocycles. The van der Waals surface area contributed by atoms with Gasteiger partial charge in [0.1, 0.15) is 6.16 Å². The smallest absolute Gasteiger partial charge is 0.287 e. The van der Waals surface area contributed by atoms with Gasteiger partial charge < -0.3 is 0 Å². The van der Waals surface area contributed by atoms with E-state index < -0.39 is 7.94 Å². The number of rotatable bonds is 14. The molecule has 0 amide bonds. The Kier molecular flexibility index (Phi) is 11.6. The zero-order valence-corrected chi connectivity index (χ0v) is 19.9. The maximum atomic E-state index is 10.4. The lowest BCUT2D eigenvalue weighted by Crippen LogP contribution is -2.15. The van der Waals surface area contributed by atoms with Gasteiger partial charge in [0.25, 0.3) is 0 Å². The van der Waals surface area contributed by atoms with Crippen LogP contribution in [0.15, 0.2) is 18.2 Å². The third-order valence-electron chi connectivity index (χ3n) is 5.24. The highest BCUT2D eigenvalue weighted by atomic mass is 31.2. The van der Waals surface area contributed by atoms with Crippen molar-refractivity contribution in [1.82, 2.24) is 0 Å². The van der Waals surface area contributed by atoms with Crippen LogP contribution >= 0.6 is 7.94 Å². The molecular weight excluding hydrogens is 367 g/mol. The molecule has 4 heteroatoms. The van der Waals surface area contributed by atoms with Crippen molar-refractivity contribution in [2.24, 2.45) is 0 Å². The van der Waals surface area contributed by atoms with Gasteiger partial charge in [0, 0.05) is 5.56 Å². The van der Waals surface area contributed by atoms with Crippen LogP contribution in [0.2, 0.25) is 0 Å². The molecule has 1 rings (SSSR count). The second kappa shape index (κ2) is 12.8. The number of benzene rings is 1. The molecule has 0 aromatic heterocycles. The minimum Gasteiger partial charge on any atom is -0.287 e. The second-order valence-electron chi connectivity index (χ2n) is 9.26. The first-order valence-corrected chi connectivity index (χ1v) is 13.1. The van der Waals surface area contributed by atoms with Gasteiger partial charge in [0.2, 0.25) is 0 Å². The average Bonchev–Trinajstić information content (AvgIpc) is 2.60. The number of hydrogen-bond donors (Lipinski definition) is 2. The van der Waals surface area contributed by atoms with Crippen molar-refractivity contribution >= 4 is 7.94 Å². The van der Waals surface area contributed by atoms with Crippen molar-refractivity contribution in [3.8, 4) is 5.75 Å². The van der Waals surface area contributed by atoms with Gasteiger partial charge in [0.15, 0.2) is 5.75 Å². The fourth-order valence-corrected chi connectivity index (χ4v) is 4.70. The minimum absolute atomic E-state index is 0.0993. The molecule has 0 radical (unpaired) electrons.